The summed E-state index contributed by atoms with van der Waals surface area (Å²) in [6, 6.07) is 30.1. The third-order valence-corrected chi connectivity index (χ3v) is 3.52. The maximum absolute atomic E-state index is 4.72. The lowest BCUT2D eigenvalue weighted by atomic mass is 10.3. The minimum Gasteiger partial charge on any atom is -0.359 e. The molecule has 0 saturated carbocycles. The molecule has 0 aliphatic heterocycles. The number of para-hydroxylation sites is 3. The molecule has 0 fully saturated rings. The van der Waals surface area contributed by atoms with Gasteiger partial charge in [0.2, 0.25) is 0 Å². The number of aliphatic imine (C=N–C) groups is 1. The molecule has 0 aliphatic carbocycles. The van der Waals surface area contributed by atoms with Gasteiger partial charge >= 0.3 is 0 Å². The van der Waals surface area contributed by atoms with E-state index in [2.05, 4.69) is 10.6 Å². The Kier molecular flexibility index (Phi) is 5.62. The number of benzene rings is 3. The number of hydrogen-bond donors (Lipinski definition) is 2. The van der Waals surface area contributed by atoms with Crippen molar-refractivity contribution in [1.29, 1.82) is 0 Å². The topological polar surface area (TPSA) is 36.4 Å². The number of nitrogens with one attached hydrogen (secondary N) is 2. The molecular formula is C22H21N3. The molecule has 25 heavy (non-hydrogen) atoms. The molecule has 3 rings (SSSR count). The van der Waals surface area contributed by atoms with E-state index in [0.29, 0.717) is 0 Å². The number of hydrogen-bond acceptors (Lipinski definition) is 2. The zero-order valence-electron chi connectivity index (χ0n) is 14.2. The maximum Gasteiger partial charge on any atom is 0.132 e. The van der Waals surface area contributed by atoms with Crippen LogP contribution in [0.2, 0.25) is 0 Å². The van der Waals surface area contributed by atoms with Gasteiger partial charge in [0.15, 0.2) is 0 Å². The van der Waals surface area contributed by atoms with Gasteiger partial charge in [0, 0.05) is 17.1 Å². The second-order valence-corrected chi connectivity index (χ2v) is 5.64. The van der Waals surface area contributed by atoms with Crippen molar-refractivity contribution >= 4 is 22.9 Å². The van der Waals surface area contributed by atoms with Crippen LogP contribution in [0.3, 0.4) is 0 Å². The van der Waals surface area contributed by atoms with Gasteiger partial charge in [-0.2, -0.15) is 0 Å². The Hall–Kier alpha value is -3.33. The van der Waals surface area contributed by atoms with Crippen LogP contribution < -0.4 is 10.6 Å². The lowest BCUT2D eigenvalue weighted by Crippen LogP contribution is -2.11. The summed E-state index contributed by atoms with van der Waals surface area (Å²) in [5.41, 5.74) is 3.96. The molecule has 0 saturated heterocycles. The fourth-order valence-corrected chi connectivity index (χ4v) is 2.40. The molecule has 0 amide bonds. The van der Waals surface area contributed by atoms with Crippen molar-refractivity contribution in [1.82, 2.24) is 0 Å². The summed E-state index contributed by atoms with van der Waals surface area (Å²) in [5.74, 6) is 0.776. The lowest BCUT2D eigenvalue weighted by Gasteiger charge is -2.10. The lowest BCUT2D eigenvalue weighted by molar-refractivity contribution is 1.37. The molecule has 0 heterocycles. The van der Waals surface area contributed by atoms with E-state index in [1.165, 1.54) is 0 Å². The van der Waals surface area contributed by atoms with Crippen LogP contribution in [0.5, 0.6) is 0 Å². The average molecular weight is 327 g/mol. The van der Waals surface area contributed by atoms with Gasteiger partial charge in [-0.25, -0.2) is 4.99 Å². The van der Waals surface area contributed by atoms with Crippen molar-refractivity contribution in [3.05, 3.63) is 103 Å². The minimum atomic E-state index is 0.776. The van der Waals surface area contributed by atoms with E-state index >= 15 is 0 Å². The number of allylic oxidation sites excluding steroid dienone is 1. The van der Waals surface area contributed by atoms with E-state index in [0.717, 1.165) is 28.6 Å². The number of rotatable bonds is 5. The molecule has 3 heteroatoms. The highest BCUT2D eigenvalue weighted by Crippen LogP contribution is 2.14. The monoisotopic (exact) mass is 327 g/mol. The third kappa shape index (κ3) is 5.36. The highest BCUT2D eigenvalue weighted by Gasteiger charge is 2.00. The van der Waals surface area contributed by atoms with Crippen molar-refractivity contribution in [2.45, 2.75) is 6.92 Å². The quantitative estimate of drug-likeness (QED) is 0.456. The van der Waals surface area contributed by atoms with Gasteiger partial charge in [-0.15, -0.1) is 0 Å². The van der Waals surface area contributed by atoms with Gasteiger partial charge in [-0.3, -0.25) is 0 Å². The number of amidine groups is 1. The van der Waals surface area contributed by atoms with Crippen LogP contribution in [0.4, 0.5) is 17.1 Å². The summed E-state index contributed by atoms with van der Waals surface area (Å²) in [4.78, 5) is 4.72. The predicted molar refractivity (Wildman–Crippen MR) is 107 cm³/mol. The first kappa shape index (κ1) is 16.5. The Labute approximate surface area is 148 Å². The fourth-order valence-electron chi connectivity index (χ4n) is 2.40. The van der Waals surface area contributed by atoms with Gasteiger partial charge in [-0.05, 0) is 49.4 Å². The Morgan fingerprint density at radius 2 is 1.16 bits per heavy atom. The highest BCUT2D eigenvalue weighted by molar-refractivity contribution is 6.05. The van der Waals surface area contributed by atoms with E-state index < -0.39 is 0 Å². The molecule has 3 nitrogen and oxygen atoms in total. The van der Waals surface area contributed by atoms with Crippen molar-refractivity contribution < 1.29 is 0 Å². The molecule has 0 radical (unpaired) electrons. The van der Waals surface area contributed by atoms with E-state index in [4.69, 9.17) is 4.99 Å². The van der Waals surface area contributed by atoms with Gasteiger partial charge < -0.3 is 10.6 Å². The van der Waals surface area contributed by atoms with Gasteiger partial charge in [0.1, 0.15) is 5.84 Å². The third-order valence-electron chi connectivity index (χ3n) is 3.52. The van der Waals surface area contributed by atoms with Crippen LogP contribution >= 0.6 is 0 Å². The first-order valence-corrected chi connectivity index (χ1v) is 8.26. The Morgan fingerprint density at radius 3 is 1.72 bits per heavy atom. The zero-order valence-corrected chi connectivity index (χ0v) is 14.2. The van der Waals surface area contributed by atoms with Crippen LogP contribution in [-0.2, 0) is 0 Å². The Balaban J connectivity index is 1.85. The summed E-state index contributed by atoms with van der Waals surface area (Å²) in [6.07, 6.45) is 2.01. The van der Waals surface area contributed by atoms with Crippen LogP contribution in [0, 0.1) is 0 Å². The van der Waals surface area contributed by atoms with Gasteiger partial charge in [-0.1, -0.05) is 54.6 Å². The molecule has 0 aromatic heterocycles. The average Bonchev–Trinajstić information content (AvgIpc) is 2.64. The van der Waals surface area contributed by atoms with Crippen molar-refractivity contribution in [2.24, 2.45) is 4.99 Å². The van der Waals surface area contributed by atoms with Crippen LogP contribution in [-0.4, -0.2) is 5.84 Å². The second kappa shape index (κ2) is 8.50. The zero-order chi connectivity index (χ0) is 17.3. The van der Waals surface area contributed by atoms with E-state index in [1.807, 2.05) is 104 Å². The SMILES string of the molecule is C/C(=C/C(=Nc1ccccc1)Nc1ccccc1)Nc1ccccc1. The smallest absolute Gasteiger partial charge is 0.132 e. The molecule has 0 bridgehead atoms. The highest BCUT2D eigenvalue weighted by atomic mass is 15.0. The molecule has 2 N–H and O–H groups in total. The maximum atomic E-state index is 4.72. The molecule has 3 aromatic carbocycles. The molecule has 0 unspecified atom stereocenters. The summed E-state index contributed by atoms with van der Waals surface area (Å²) in [6.45, 7) is 2.03. The molecule has 0 atom stereocenters. The number of anilines is 2. The van der Waals surface area contributed by atoms with Gasteiger partial charge in [0.25, 0.3) is 0 Å². The largest absolute Gasteiger partial charge is 0.359 e. The molecular weight excluding hydrogens is 306 g/mol. The van der Waals surface area contributed by atoms with E-state index in [1.54, 1.807) is 0 Å². The van der Waals surface area contributed by atoms with Crippen molar-refractivity contribution in [3.8, 4) is 0 Å². The Morgan fingerprint density at radius 1 is 0.680 bits per heavy atom. The van der Waals surface area contributed by atoms with E-state index in [9.17, 15) is 0 Å². The first-order chi connectivity index (χ1) is 12.3. The van der Waals surface area contributed by atoms with Crippen molar-refractivity contribution in [3.63, 3.8) is 0 Å². The fraction of sp³-hybridized carbons (Fsp3) is 0.0455. The summed E-state index contributed by atoms with van der Waals surface area (Å²) in [7, 11) is 0. The molecule has 124 valence electrons. The van der Waals surface area contributed by atoms with Crippen molar-refractivity contribution in [2.75, 3.05) is 10.6 Å². The van der Waals surface area contributed by atoms with Crippen LogP contribution in [0.15, 0.2) is 108 Å². The summed E-state index contributed by atoms with van der Waals surface area (Å²) >= 11 is 0. The van der Waals surface area contributed by atoms with Gasteiger partial charge in [0.05, 0.1) is 5.69 Å². The number of nitrogens with zero attached hydrogens (tertiary/aromatic N) is 1. The molecule has 3 aromatic rings. The molecule has 0 aliphatic rings. The van der Waals surface area contributed by atoms with Crippen LogP contribution in [0.1, 0.15) is 6.92 Å². The first-order valence-electron chi connectivity index (χ1n) is 8.26. The summed E-state index contributed by atoms with van der Waals surface area (Å²) in [5, 5.41) is 6.76. The predicted octanol–water partition coefficient (Wildman–Crippen LogP) is 5.84. The second-order valence-electron chi connectivity index (χ2n) is 5.64. The summed E-state index contributed by atoms with van der Waals surface area (Å²) < 4.78 is 0. The Bertz CT molecular complexity index is 838. The minimum absolute atomic E-state index is 0.776. The van der Waals surface area contributed by atoms with Crippen LogP contribution in [0.25, 0.3) is 0 Å². The molecule has 0 spiro atoms. The standard InChI is InChI=1S/C22H21N3/c1-18(23-19-11-5-2-6-12-19)17-22(24-20-13-7-3-8-14-20)25-21-15-9-4-10-16-21/h2-17,23H,1H3,(H,24,25)/b18-17-. The van der Waals surface area contributed by atoms with E-state index in [-0.39, 0.29) is 0 Å². The normalized spacial score (nSPS) is 11.9.